The van der Waals surface area contributed by atoms with Crippen molar-refractivity contribution in [3.8, 4) is 0 Å². The van der Waals surface area contributed by atoms with Gasteiger partial charge < -0.3 is 10.1 Å². The number of hydrogen-bond acceptors (Lipinski definition) is 6. The third-order valence-corrected chi connectivity index (χ3v) is 1.71. The van der Waals surface area contributed by atoms with Crippen molar-refractivity contribution in [2.24, 2.45) is 0 Å². The Kier molecular flexibility index (Phi) is 4.37. The van der Waals surface area contributed by atoms with Gasteiger partial charge in [0.25, 0.3) is 0 Å². The first kappa shape index (κ1) is 12.1. The molecule has 8 nitrogen and oxygen atoms in total. The lowest BCUT2D eigenvalue weighted by Gasteiger charge is -2.11. The minimum Gasteiger partial charge on any atom is -0.464 e. The molecule has 0 radical (unpaired) electrons. The van der Waals surface area contributed by atoms with Crippen LogP contribution in [-0.2, 0) is 20.9 Å². The van der Waals surface area contributed by atoms with Crippen LogP contribution in [0, 0.1) is 0 Å². The number of hydrogen-bond donors (Lipinski definition) is 1. The fraction of sp³-hybridized carbons (Fsp3) is 0.625. The average molecular weight is 227 g/mol. The third kappa shape index (κ3) is 3.64. The number of tetrazole rings is 1. The Balaban J connectivity index is 2.36. The van der Waals surface area contributed by atoms with Gasteiger partial charge in [-0.05, 0) is 24.3 Å². The van der Waals surface area contributed by atoms with Crippen LogP contribution in [0.25, 0.3) is 0 Å². The Morgan fingerprint density at radius 3 is 2.88 bits per heavy atom. The maximum absolute atomic E-state index is 11.4. The number of carbonyl (C=O) groups is 2. The standard InChI is InChI=1S/C8H13N5O3/c1-3-16-8(15)6(2)10-7(14)4-13-5-9-11-12-13/h5-6H,3-4H2,1-2H3,(H,10,14). The van der Waals surface area contributed by atoms with Crippen LogP contribution in [0.4, 0.5) is 0 Å². The van der Waals surface area contributed by atoms with E-state index in [0.29, 0.717) is 0 Å². The van der Waals surface area contributed by atoms with Crippen molar-refractivity contribution >= 4 is 11.9 Å². The van der Waals surface area contributed by atoms with Crippen molar-refractivity contribution in [1.29, 1.82) is 0 Å². The van der Waals surface area contributed by atoms with Crippen LogP contribution in [0.1, 0.15) is 13.8 Å². The molecule has 1 heterocycles. The normalized spacial score (nSPS) is 11.9. The van der Waals surface area contributed by atoms with Gasteiger partial charge in [-0.2, -0.15) is 0 Å². The maximum Gasteiger partial charge on any atom is 0.328 e. The molecule has 1 unspecified atom stereocenters. The molecule has 0 fully saturated rings. The molecule has 1 atom stereocenters. The lowest BCUT2D eigenvalue weighted by atomic mass is 10.3. The summed E-state index contributed by atoms with van der Waals surface area (Å²) < 4.78 is 6.00. The first-order valence-electron chi connectivity index (χ1n) is 4.80. The SMILES string of the molecule is CCOC(=O)C(C)NC(=O)Cn1cnnn1. The summed E-state index contributed by atoms with van der Waals surface area (Å²) >= 11 is 0. The molecule has 0 bridgehead atoms. The van der Waals surface area contributed by atoms with Gasteiger partial charge in [-0.25, -0.2) is 9.48 Å². The zero-order valence-corrected chi connectivity index (χ0v) is 9.08. The summed E-state index contributed by atoms with van der Waals surface area (Å²) in [6.07, 6.45) is 1.31. The summed E-state index contributed by atoms with van der Waals surface area (Å²) in [7, 11) is 0. The van der Waals surface area contributed by atoms with Gasteiger partial charge in [0.1, 0.15) is 18.9 Å². The van der Waals surface area contributed by atoms with Crippen molar-refractivity contribution in [3.63, 3.8) is 0 Å². The molecule has 0 aliphatic carbocycles. The maximum atomic E-state index is 11.4. The minimum absolute atomic E-state index is 0.0310. The molecule has 8 heteroatoms. The van der Waals surface area contributed by atoms with Gasteiger partial charge in [0.15, 0.2) is 0 Å². The summed E-state index contributed by atoms with van der Waals surface area (Å²) in [6, 6.07) is -0.677. The van der Waals surface area contributed by atoms with Gasteiger partial charge in [-0.1, -0.05) is 0 Å². The lowest BCUT2D eigenvalue weighted by molar-refractivity contribution is -0.146. The second kappa shape index (κ2) is 5.79. The van der Waals surface area contributed by atoms with E-state index in [1.165, 1.54) is 11.0 Å². The van der Waals surface area contributed by atoms with Crippen molar-refractivity contribution in [2.45, 2.75) is 26.4 Å². The lowest BCUT2D eigenvalue weighted by Crippen LogP contribution is -2.41. The monoisotopic (exact) mass is 227 g/mol. The van der Waals surface area contributed by atoms with Crippen LogP contribution in [0.3, 0.4) is 0 Å². The van der Waals surface area contributed by atoms with Crippen LogP contribution in [0.2, 0.25) is 0 Å². The third-order valence-electron chi connectivity index (χ3n) is 1.71. The molecule has 0 spiro atoms. The minimum atomic E-state index is -0.677. The Hall–Kier alpha value is -1.99. The van der Waals surface area contributed by atoms with E-state index < -0.39 is 12.0 Å². The highest BCUT2D eigenvalue weighted by Gasteiger charge is 2.16. The van der Waals surface area contributed by atoms with Gasteiger partial charge in [0, 0.05) is 0 Å². The molecule has 0 aliphatic rings. The number of carbonyl (C=O) groups excluding carboxylic acids is 2. The van der Waals surface area contributed by atoms with E-state index in [0.717, 1.165) is 0 Å². The highest BCUT2D eigenvalue weighted by atomic mass is 16.5. The van der Waals surface area contributed by atoms with E-state index in [2.05, 4.69) is 20.8 Å². The molecule has 0 saturated heterocycles. The molecular formula is C8H13N5O3. The molecule has 1 aromatic heterocycles. The van der Waals surface area contributed by atoms with Gasteiger partial charge in [0.2, 0.25) is 5.91 Å². The number of nitrogens with zero attached hydrogens (tertiary/aromatic N) is 4. The van der Waals surface area contributed by atoms with Crippen molar-refractivity contribution in [3.05, 3.63) is 6.33 Å². The Morgan fingerprint density at radius 2 is 2.31 bits per heavy atom. The molecule has 1 rings (SSSR count). The molecule has 1 N–H and O–H groups in total. The van der Waals surface area contributed by atoms with Gasteiger partial charge in [-0.15, -0.1) is 5.10 Å². The van der Waals surface area contributed by atoms with Gasteiger partial charge >= 0.3 is 5.97 Å². The molecule has 1 aromatic rings. The smallest absolute Gasteiger partial charge is 0.328 e. The van der Waals surface area contributed by atoms with Crippen LogP contribution in [-0.4, -0.2) is 44.7 Å². The highest BCUT2D eigenvalue weighted by Crippen LogP contribution is 1.89. The van der Waals surface area contributed by atoms with E-state index >= 15 is 0 Å². The van der Waals surface area contributed by atoms with Crippen molar-refractivity contribution in [2.75, 3.05) is 6.61 Å². The van der Waals surface area contributed by atoms with Crippen molar-refractivity contribution < 1.29 is 14.3 Å². The topological polar surface area (TPSA) is 99.0 Å². The zero-order chi connectivity index (χ0) is 12.0. The number of ether oxygens (including phenoxy) is 1. The fourth-order valence-corrected chi connectivity index (χ4v) is 1.01. The summed E-state index contributed by atoms with van der Waals surface area (Å²) in [5, 5.41) is 12.8. The number of nitrogens with one attached hydrogen (secondary N) is 1. The first-order chi connectivity index (χ1) is 7.63. The van der Waals surface area contributed by atoms with Crippen molar-refractivity contribution in [1.82, 2.24) is 25.5 Å². The predicted octanol–water partition coefficient (Wildman–Crippen LogP) is -1.26. The summed E-state index contributed by atoms with van der Waals surface area (Å²) in [4.78, 5) is 22.6. The number of esters is 1. The Bertz CT molecular complexity index is 351. The van der Waals surface area contributed by atoms with E-state index in [9.17, 15) is 9.59 Å². The van der Waals surface area contributed by atoms with E-state index in [4.69, 9.17) is 4.74 Å². The summed E-state index contributed by atoms with van der Waals surface area (Å²) in [5.41, 5.74) is 0. The summed E-state index contributed by atoms with van der Waals surface area (Å²) in [5.74, 6) is -0.819. The van der Waals surface area contributed by atoms with Crippen LogP contribution in [0.5, 0.6) is 0 Å². The molecule has 88 valence electrons. The predicted molar refractivity (Wildman–Crippen MR) is 52.1 cm³/mol. The van der Waals surface area contributed by atoms with E-state index in [1.54, 1.807) is 13.8 Å². The van der Waals surface area contributed by atoms with Gasteiger partial charge in [0.05, 0.1) is 6.61 Å². The summed E-state index contributed by atoms with van der Waals surface area (Å²) in [6.45, 7) is 3.51. The van der Waals surface area contributed by atoms with Crippen LogP contribution >= 0.6 is 0 Å². The first-order valence-corrected chi connectivity index (χ1v) is 4.80. The highest BCUT2D eigenvalue weighted by molar-refractivity contribution is 5.83. The number of rotatable bonds is 5. The molecular weight excluding hydrogens is 214 g/mol. The Morgan fingerprint density at radius 1 is 1.56 bits per heavy atom. The second-order valence-corrected chi connectivity index (χ2v) is 3.05. The quantitative estimate of drug-likeness (QED) is 0.630. The van der Waals surface area contributed by atoms with Gasteiger partial charge in [-0.3, -0.25) is 4.79 Å². The average Bonchev–Trinajstić information content (AvgIpc) is 2.70. The number of amides is 1. The number of aromatic nitrogens is 4. The fourth-order valence-electron chi connectivity index (χ4n) is 1.01. The molecule has 0 saturated carbocycles. The van der Waals surface area contributed by atoms with E-state index in [1.807, 2.05) is 0 Å². The second-order valence-electron chi connectivity index (χ2n) is 3.05. The van der Waals surface area contributed by atoms with E-state index in [-0.39, 0.29) is 19.1 Å². The van der Waals surface area contributed by atoms with Crippen LogP contribution in [0.15, 0.2) is 6.33 Å². The largest absolute Gasteiger partial charge is 0.464 e. The molecule has 0 aromatic carbocycles. The zero-order valence-electron chi connectivity index (χ0n) is 9.08. The molecule has 0 aliphatic heterocycles. The molecule has 1 amide bonds. The van der Waals surface area contributed by atoms with Crippen LogP contribution < -0.4 is 5.32 Å². The Labute approximate surface area is 92.0 Å². The molecule has 16 heavy (non-hydrogen) atoms.